The second-order valence-corrected chi connectivity index (χ2v) is 6.75. The number of aromatic carboxylic acids is 1. The molecule has 0 amide bonds. The van der Waals surface area contributed by atoms with E-state index in [0.29, 0.717) is 22.3 Å². The van der Waals surface area contributed by atoms with Crippen LogP contribution in [0.25, 0.3) is 33.5 Å². The largest absolute Gasteiger partial charge is 0.502 e. The number of rotatable bonds is 5. The van der Waals surface area contributed by atoms with Crippen molar-refractivity contribution >= 4 is 17.0 Å². The Kier molecular flexibility index (Phi) is 4.75. The number of hydrogen-bond donors (Lipinski definition) is 3. The van der Waals surface area contributed by atoms with Gasteiger partial charge in [-0.2, -0.15) is 5.10 Å². The number of carboxylic acids is 1. The van der Waals surface area contributed by atoms with Gasteiger partial charge in [0, 0.05) is 11.1 Å². The van der Waals surface area contributed by atoms with Crippen LogP contribution in [0.1, 0.15) is 15.9 Å². The van der Waals surface area contributed by atoms with Gasteiger partial charge < -0.3 is 19.7 Å². The van der Waals surface area contributed by atoms with Gasteiger partial charge in [-0.15, -0.1) is 0 Å². The minimum atomic E-state index is -1.10. The van der Waals surface area contributed by atoms with Gasteiger partial charge in [-0.1, -0.05) is 29.8 Å². The number of H-pyrrole nitrogens is 1. The first-order valence-electron chi connectivity index (χ1n) is 9.07. The van der Waals surface area contributed by atoms with Crippen LogP contribution < -0.4 is 9.47 Å². The van der Waals surface area contributed by atoms with E-state index in [1.807, 2.05) is 31.2 Å². The van der Waals surface area contributed by atoms with E-state index < -0.39 is 5.97 Å². The Morgan fingerprint density at radius 2 is 1.63 bits per heavy atom. The summed E-state index contributed by atoms with van der Waals surface area (Å²) in [6, 6.07) is 12.3. The summed E-state index contributed by atoms with van der Waals surface area (Å²) in [7, 11) is 2.83. The van der Waals surface area contributed by atoms with Gasteiger partial charge in [0.2, 0.25) is 5.75 Å². The first-order valence-corrected chi connectivity index (χ1v) is 9.07. The molecule has 0 saturated carbocycles. The van der Waals surface area contributed by atoms with Crippen molar-refractivity contribution in [1.82, 2.24) is 15.2 Å². The molecular weight excluding hydrogens is 386 g/mol. The number of fused-ring (bicyclic) bond motifs is 1. The van der Waals surface area contributed by atoms with Crippen LogP contribution >= 0.6 is 0 Å². The Bertz CT molecular complexity index is 1240. The second kappa shape index (κ2) is 7.40. The van der Waals surface area contributed by atoms with Crippen molar-refractivity contribution in [2.24, 2.45) is 0 Å². The summed E-state index contributed by atoms with van der Waals surface area (Å²) in [4.78, 5) is 16.6. The third-order valence-electron chi connectivity index (χ3n) is 4.87. The number of aryl methyl sites for hydroxylation is 1. The highest BCUT2D eigenvalue weighted by atomic mass is 16.5. The van der Waals surface area contributed by atoms with Crippen molar-refractivity contribution in [3.05, 3.63) is 53.6 Å². The van der Waals surface area contributed by atoms with Crippen LogP contribution in [0.15, 0.2) is 42.5 Å². The van der Waals surface area contributed by atoms with E-state index in [4.69, 9.17) is 9.47 Å². The molecule has 0 bridgehead atoms. The number of aromatic amines is 1. The number of carbonyl (C=O) groups is 1. The molecule has 0 aliphatic heterocycles. The third-order valence-corrected chi connectivity index (χ3v) is 4.87. The fourth-order valence-electron chi connectivity index (χ4n) is 3.31. The molecule has 0 fully saturated rings. The van der Waals surface area contributed by atoms with Crippen molar-refractivity contribution in [1.29, 1.82) is 0 Å². The van der Waals surface area contributed by atoms with Gasteiger partial charge in [0.05, 0.1) is 36.6 Å². The lowest BCUT2D eigenvalue weighted by atomic mass is 10.0. The number of aromatic nitrogens is 3. The summed E-state index contributed by atoms with van der Waals surface area (Å²) in [6.07, 6.45) is 0. The summed E-state index contributed by atoms with van der Waals surface area (Å²) in [5.74, 6) is -0.878. The number of nitrogens with zero attached hydrogens (tertiary/aromatic N) is 2. The molecule has 4 rings (SSSR count). The van der Waals surface area contributed by atoms with E-state index in [2.05, 4.69) is 15.2 Å². The van der Waals surface area contributed by atoms with Crippen molar-refractivity contribution in [2.45, 2.75) is 6.92 Å². The lowest BCUT2D eigenvalue weighted by molar-refractivity contribution is 0.0699. The first kappa shape index (κ1) is 19.3. The Labute approximate surface area is 171 Å². The number of pyridine rings is 1. The molecule has 152 valence electrons. The predicted molar refractivity (Wildman–Crippen MR) is 111 cm³/mol. The number of phenols is 1. The molecule has 0 atom stereocenters. The molecule has 0 radical (unpaired) electrons. The van der Waals surface area contributed by atoms with E-state index in [1.54, 1.807) is 12.1 Å². The SMILES string of the molecule is COc1cc(-c2cc(C(=O)O)c3c(-c4ccc(C)cc4)[nH]nc3n2)cc(OC)c1O. The zero-order chi connectivity index (χ0) is 21.4. The van der Waals surface area contributed by atoms with E-state index in [9.17, 15) is 15.0 Å². The molecule has 8 heteroatoms. The number of aromatic hydroxyl groups is 1. The molecule has 2 aromatic heterocycles. The van der Waals surface area contributed by atoms with Gasteiger partial charge in [0.1, 0.15) is 0 Å². The van der Waals surface area contributed by atoms with Crippen LogP contribution in [-0.4, -0.2) is 45.6 Å². The number of methoxy groups -OCH3 is 2. The highest BCUT2D eigenvalue weighted by Crippen LogP contribution is 2.41. The number of ether oxygens (including phenoxy) is 2. The topological polar surface area (TPSA) is 118 Å². The molecule has 4 aromatic rings. The maximum Gasteiger partial charge on any atom is 0.336 e. The molecular formula is C22H19N3O5. The molecule has 3 N–H and O–H groups in total. The van der Waals surface area contributed by atoms with Crippen molar-refractivity contribution < 1.29 is 24.5 Å². The summed E-state index contributed by atoms with van der Waals surface area (Å²) in [6.45, 7) is 1.98. The average Bonchev–Trinajstić information content (AvgIpc) is 3.17. The summed E-state index contributed by atoms with van der Waals surface area (Å²) >= 11 is 0. The zero-order valence-electron chi connectivity index (χ0n) is 16.6. The van der Waals surface area contributed by atoms with Crippen molar-refractivity contribution in [3.8, 4) is 39.8 Å². The smallest absolute Gasteiger partial charge is 0.336 e. The number of nitrogens with one attached hydrogen (secondary N) is 1. The zero-order valence-corrected chi connectivity index (χ0v) is 16.6. The predicted octanol–water partition coefficient (Wildman–Crippen LogP) is 4.02. The Morgan fingerprint density at radius 3 is 2.20 bits per heavy atom. The third kappa shape index (κ3) is 3.18. The van der Waals surface area contributed by atoms with E-state index in [0.717, 1.165) is 11.1 Å². The fraction of sp³-hybridized carbons (Fsp3) is 0.136. The van der Waals surface area contributed by atoms with E-state index >= 15 is 0 Å². The van der Waals surface area contributed by atoms with Crippen molar-refractivity contribution in [3.63, 3.8) is 0 Å². The summed E-state index contributed by atoms with van der Waals surface area (Å²) < 4.78 is 10.4. The minimum Gasteiger partial charge on any atom is -0.502 e. The fourth-order valence-corrected chi connectivity index (χ4v) is 3.31. The number of hydrogen-bond acceptors (Lipinski definition) is 6. The van der Waals surface area contributed by atoms with Gasteiger partial charge >= 0.3 is 5.97 Å². The number of benzene rings is 2. The quantitative estimate of drug-likeness (QED) is 0.459. The molecule has 0 aliphatic carbocycles. The van der Waals surface area contributed by atoms with Gasteiger partial charge in [-0.3, -0.25) is 5.10 Å². The van der Waals surface area contributed by atoms with Crippen molar-refractivity contribution in [2.75, 3.05) is 14.2 Å². The highest BCUT2D eigenvalue weighted by molar-refractivity contribution is 6.08. The van der Waals surface area contributed by atoms with Gasteiger partial charge in [-0.05, 0) is 25.1 Å². The summed E-state index contributed by atoms with van der Waals surface area (Å²) in [5.41, 5.74) is 3.70. The maximum absolute atomic E-state index is 12.1. The van der Waals surface area contributed by atoms with Crippen LogP contribution in [0, 0.1) is 6.92 Å². The molecule has 0 aliphatic rings. The van der Waals surface area contributed by atoms with Crippen LogP contribution in [-0.2, 0) is 0 Å². The van der Waals surface area contributed by atoms with Crippen LogP contribution in [0.5, 0.6) is 17.2 Å². The summed E-state index contributed by atoms with van der Waals surface area (Å²) in [5, 5.41) is 27.6. The van der Waals surface area contributed by atoms with Crippen LogP contribution in [0.4, 0.5) is 0 Å². The highest BCUT2D eigenvalue weighted by Gasteiger charge is 2.21. The monoisotopic (exact) mass is 405 g/mol. The molecule has 0 spiro atoms. The Morgan fingerprint density at radius 1 is 1.00 bits per heavy atom. The normalized spacial score (nSPS) is 10.9. The molecule has 2 heterocycles. The van der Waals surface area contributed by atoms with Gasteiger partial charge in [-0.25, -0.2) is 9.78 Å². The van der Waals surface area contributed by atoms with E-state index in [-0.39, 0.29) is 28.5 Å². The lowest BCUT2D eigenvalue weighted by Gasteiger charge is -2.11. The minimum absolute atomic E-state index is 0.0605. The molecule has 8 nitrogen and oxygen atoms in total. The lowest BCUT2D eigenvalue weighted by Crippen LogP contribution is -2.00. The molecule has 0 unspecified atom stereocenters. The maximum atomic E-state index is 12.1. The van der Waals surface area contributed by atoms with Crippen LogP contribution in [0.3, 0.4) is 0 Å². The first-order chi connectivity index (χ1) is 14.4. The second-order valence-electron chi connectivity index (χ2n) is 6.75. The molecule has 30 heavy (non-hydrogen) atoms. The Balaban J connectivity index is 1.95. The van der Waals surface area contributed by atoms with Gasteiger partial charge in [0.25, 0.3) is 0 Å². The number of carboxylic acid groups (broad SMARTS) is 1. The Hall–Kier alpha value is -4.07. The average molecular weight is 405 g/mol. The van der Waals surface area contributed by atoms with Crippen LogP contribution in [0.2, 0.25) is 0 Å². The standard InChI is InChI=1S/C22H19N3O5/c1-11-4-6-12(7-5-11)19-18-14(22(27)28)10-15(23-21(18)25-24-19)13-8-16(29-2)20(26)17(9-13)30-3/h4-10,26H,1-3H3,(H,27,28)(H,23,24,25). The van der Waals surface area contributed by atoms with Gasteiger partial charge in [0.15, 0.2) is 17.1 Å². The molecule has 2 aromatic carbocycles. The number of phenolic OH excluding ortho intramolecular Hbond substituents is 1. The van der Waals surface area contributed by atoms with E-state index in [1.165, 1.54) is 20.3 Å². The molecule has 0 saturated heterocycles.